The van der Waals surface area contributed by atoms with E-state index in [0.717, 1.165) is 6.42 Å². The van der Waals surface area contributed by atoms with Gasteiger partial charge in [-0.3, -0.25) is 9.59 Å². The lowest BCUT2D eigenvalue weighted by Crippen LogP contribution is -2.50. The van der Waals surface area contributed by atoms with Gasteiger partial charge in [0.1, 0.15) is 11.4 Å². The molecule has 2 heterocycles. The van der Waals surface area contributed by atoms with Crippen molar-refractivity contribution < 1.29 is 19.1 Å². The lowest BCUT2D eigenvalue weighted by molar-refractivity contribution is -0.132. The molecule has 33 heavy (non-hydrogen) atoms. The highest BCUT2D eigenvalue weighted by Crippen LogP contribution is 2.21. The molecule has 2 amide bonds. The number of ether oxygens (including phenoxy) is 2. The third kappa shape index (κ3) is 6.53. The molecule has 1 aliphatic heterocycles. The summed E-state index contributed by atoms with van der Waals surface area (Å²) in [5, 5.41) is 8.20. The Morgan fingerprint density at radius 3 is 2.52 bits per heavy atom. The molecule has 178 valence electrons. The number of amides is 2. The van der Waals surface area contributed by atoms with Crippen LogP contribution in [0.3, 0.4) is 0 Å². The summed E-state index contributed by atoms with van der Waals surface area (Å²) in [7, 11) is 0. The second kappa shape index (κ2) is 11.4. The van der Waals surface area contributed by atoms with E-state index in [1.165, 1.54) is 0 Å². The van der Waals surface area contributed by atoms with Gasteiger partial charge in [-0.1, -0.05) is 19.1 Å². The summed E-state index contributed by atoms with van der Waals surface area (Å²) >= 11 is 0. The summed E-state index contributed by atoms with van der Waals surface area (Å²) in [5.74, 6) is 0.959. The van der Waals surface area contributed by atoms with Crippen LogP contribution in [0, 0.1) is 0 Å². The molecule has 10 heteroatoms. The summed E-state index contributed by atoms with van der Waals surface area (Å²) in [5.41, 5.74) is 0.542. The molecule has 1 atom stereocenters. The van der Waals surface area contributed by atoms with Gasteiger partial charge in [-0.25, -0.2) is 4.79 Å². The number of aryl methyl sites for hydroxylation is 1. The van der Waals surface area contributed by atoms with Gasteiger partial charge in [0.05, 0.1) is 12.7 Å². The zero-order chi connectivity index (χ0) is 23.8. The minimum atomic E-state index is -0.367. The third-order valence-electron chi connectivity index (χ3n) is 5.52. The minimum absolute atomic E-state index is 0.0819. The Labute approximate surface area is 192 Å². The van der Waals surface area contributed by atoms with Crippen LogP contribution in [0.4, 0.5) is 4.79 Å². The smallest absolute Gasteiger partial charge is 0.409 e. The van der Waals surface area contributed by atoms with E-state index in [1.807, 2.05) is 38.1 Å². The molecule has 0 unspecified atom stereocenters. The Morgan fingerprint density at radius 2 is 1.85 bits per heavy atom. The van der Waals surface area contributed by atoms with E-state index in [9.17, 15) is 14.4 Å². The Hall–Kier alpha value is -3.43. The number of carbonyl (C=O) groups is 2. The van der Waals surface area contributed by atoms with E-state index in [0.29, 0.717) is 49.9 Å². The van der Waals surface area contributed by atoms with Crippen LogP contribution in [0.2, 0.25) is 0 Å². The van der Waals surface area contributed by atoms with Crippen LogP contribution in [0.15, 0.2) is 29.1 Å². The van der Waals surface area contributed by atoms with E-state index in [-0.39, 0.29) is 42.2 Å². The second-order valence-corrected chi connectivity index (χ2v) is 7.88. The number of nitrogens with one attached hydrogen (secondary N) is 1. The molecule has 0 saturated carbocycles. The maximum Gasteiger partial charge on any atom is 0.409 e. The van der Waals surface area contributed by atoms with Crippen molar-refractivity contribution in [1.29, 1.82) is 0 Å². The van der Waals surface area contributed by atoms with Gasteiger partial charge in [0.15, 0.2) is 5.82 Å². The number of H-pyrrole nitrogens is 1. The largest absolute Gasteiger partial charge is 0.491 e. The Bertz CT molecular complexity index is 1020. The monoisotopic (exact) mass is 457 g/mol. The van der Waals surface area contributed by atoms with Crippen LogP contribution in [0.25, 0.3) is 11.4 Å². The molecule has 0 aliphatic carbocycles. The summed E-state index contributed by atoms with van der Waals surface area (Å²) < 4.78 is 10.8. The molecule has 3 rings (SSSR count). The molecular weight excluding hydrogens is 426 g/mol. The van der Waals surface area contributed by atoms with E-state index in [1.54, 1.807) is 16.7 Å². The molecule has 1 aromatic heterocycles. The first-order valence-electron chi connectivity index (χ1n) is 11.3. The van der Waals surface area contributed by atoms with Crippen LogP contribution in [-0.4, -0.2) is 75.9 Å². The SMILES string of the molecule is CCOC(=O)N1CCN(C(=O)CCc2nnc(-c3cccc(O[C@@H](C)CC)c3)[nH]c2=O)CC1. The fourth-order valence-corrected chi connectivity index (χ4v) is 3.42. The molecule has 1 aromatic carbocycles. The highest BCUT2D eigenvalue weighted by Gasteiger charge is 2.25. The van der Waals surface area contributed by atoms with Crippen molar-refractivity contribution >= 4 is 12.0 Å². The normalized spacial score (nSPS) is 14.6. The van der Waals surface area contributed by atoms with Gasteiger partial charge in [-0.05, 0) is 32.4 Å². The Balaban J connectivity index is 1.56. The second-order valence-electron chi connectivity index (χ2n) is 7.88. The molecule has 1 N–H and O–H groups in total. The van der Waals surface area contributed by atoms with E-state index >= 15 is 0 Å². The van der Waals surface area contributed by atoms with Crippen molar-refractivity contribution in [1.82, 2.24) is 25.0 Å². The highest BCUT2D eigenvalue weighted by atomic mass is 16.6. The maximum absolute atomic E-state index is 12.5. The first-order chi connectivity index (χ1) is 15.9. The van der Waals surface area contributed by atoms with Crippen molar-refractivity contribution in [2.75, 3.05) is 32.8 Å². The minimum Gasteiger partial charge on any atom is -0.491 e. The number of nitrogens with zero attached hydrogens (tertiary/aromatic N) is 4. The number of hydrogen-bond donors (Lipinski definition) is 1. The molecule has 1 fully saturated rings. The Morgan fingerprint density at radius 1 is 1.12 bits per heavy atom. The lowest BCUT2D eigenvalue weighted by atomic mass is 10.2. The van der Waals surface area contributed by atoms with Crippen molar-refractivity contribution in [3.8, 4) is 17.1 Å². The Kier molecular flexibility index (Phi) is 8.39. The van der Waals surface area contributed by atoms with Gasteiger partial charge in [0, 0.05) is 44.6 Å². The third-order valence-corrected chi connectivity index (χ3v) is 5.52. The standard InChI is InChI=1S/C23H31N5O5/c1-4-16(3)33-18-8-6-7-17(15-18)21-24-22(30)19(25-26-21)9-10-20(29)27-11-13-28(14-12-27)23(31)32-5-2/h6-8,15-16H,4-5,9-14H2,1-3H3,(H,24,26,30)/t16-/m0/s1. The maximum atomic E-state index is 12.5. The fraction of sp³-hybridized carbons (Fsp3) is 0.522. The fourth-order valence-electron chi connectivity index (χ4n) is 3.42. The highest BCUT2D eigenvalue weighted by molar-refractivity contribution is 5.77. The molecular formula is C23H31N5O5. The number of rotatable bonds is 8. The molecule has 0 bridgehead atoms. The average Bonchev–Trinajstić information content (AvgIpc) is 2.83. The zero-order valence-electron chi connectivity index (χ0n) is 19.4. The van der Waals surface area contributed by atoms with Crippen molar-refractivity contribution in [2.24, 2.45) is 0 Å². The topological polar surface area (TPSA) is 118 Å². The number of carbonyl (C=O) groups excluding carboxylic acids is 2. The van der Waals surface area contributed by atoms with Crippen LogP contribution >= 0.6 is 0 Å². The summed E-state index contributed by atoms with van der Waals surface area (Å²) in [4.78, 5) is 42.9. The molecule has 1 aliphatic rings. The van der Waals surface area contributed by atoms with Crippen molar-refractivity contribution in [3.63, 3.8) is 0 Å². The molecule has 0 spiro atoms. The summed E-state index contributed by atoms with van der Waals surface area (Å²) in [6.07, 6.45) is 0.947. The van der Waals surface area contributed by atoms with Gasteiger partial charge in [-0.15, -0.1) is 10.2 Å². The van der Waals surface area contributed by atoms with Gasteiger partial charge >= 0.3 is 6.09 Å². The molecule has 0 radical (unpaired) electrons. The van der Waals surface area contributed by atoms with Crippen LogP contribution in [0.1, 0.15) is 39.3 Å². The molecule has 2 aromatic rings. The first-order valence-corrected chi connectivity index (χ1v) is 11.3. The van der Waals surface area contributed by atoms with E-state index < -0.39 is 0 Å². The van der Waals surface area contributed by atoms with Gasteiger partial charge in [0.25, 0.3) is 5.56 Å². The van der Waals surface area contributed by atoms with Gasteiger partial charge < -0.3 is 24.3 Å². The summed E-state index contributed by atoms with van der Waals surface area (Å²) in [6.45, 7) is 7.85. The zero-order valence-corrected chi connectivity index (χ0v) is 19.4. The number of benzene rings is 1. The van der Waals surface area contributed by atoms with Crippen molar-refractivity contribution in [3.05, 3.63) is 40.3 Å². The number of aromatic nitrogens is 3. The van der Waals surface area contributed by atoms with Crippen molar-refractivity contribution in [2.45, 2.75) is 46.1 Å². The lowest BCUT2D eigenvalue weighted by Gasteiger charge is -2.34. The van der Waals surface area contributed by atoms with Gasteiger partial charge in [-0.2, -0.15) is 0 Å². The quantitative estimate of drug-likeness (QED) is 0.646. The van der Waals surface area contributed by atoms with Crippen LogP contribution in [-0.2, 0) is 16.0 Å². The first kappa shape index (κ1) is 24.2. The predicted molar refractivity (Wildman–Crippen MR) is 122 cm³/mol. The summed E-state index contributed by atoms with van der Waals surface area (Å²) in [6, 6.07) is 7.32. The molecule has 1 saturated heterocycles. The predicted octanol–water partition coefficient (Wildman–Crippen LogP) is 2.24. The van der Waals surface area contributed by atoms with E-state index in [4.69, 9.17) is 9.47 Å². The average molecular weight is 458 g/mol. The number of piperazine rings is 1. The number of hydrogen-bond acceptors (Lipinski definition) is 7. The number of aromatic amines is 1. The van der Waals surface area contributed by atoms with Gasteiger partial charge in [0.2, 0.25) is 5.91 Å². The van der Waals surface area contributed by atoms with Crippen LogP contribution in [0.5, 0.6) is 5.75 Å². The molecule has 10 nitrogen and oxygen atoms in total. The van der Waals surface area contributed by atoms with E-state index in [2.05, 4.69) is 15.2 Å². The van der Waals surface area contributed by atoms with Crippen LogP contribution < -0.4 is 10.3 Å².